The van der Waals surface area contributed by atoms with Gasteiger partial charge in [0.05, 0.1) is 26.4 Å². The maximum atomic E-state index is 10.1. The van der Waals surface area contributed by atoms with Crippen LogP contribution < -0.4 is 4.74 Å². The second kappa shape index (κ2) is 9.02. The van der Waals surface area contributed by atoms with E-state index in [1.54, 1.807) is 12.1 Å². The van der Waals surface area contributed by atoms with Crippen LogP contribution in [0.4, 0.5) is 0 Å². The molecule has 0 radical (unpaired) electrons. The van der Waals surface area contributed by atoms with Crippen LogP contribution in [0.1, 0.15) is 6.42 Å². The predicted molar refractivity (Wildman–Crippen MR) is 83.4 cm³/mol. The molecule has 0 aliphatic heterocycles. The van der Waals surface area contributed by atoms with Gasteiger partial charge in [-0.15, -0.1) is 0 Å². The van der Waals surface area contributed by atoms with Crippen molar-refractivity contribution in [3.05, 3.63) is 36.4 Å². The summed E-state index contributed by atoms with van der Waals surface area (Å²) in [4.78, 5) is 10.1. The van der Waals surface area contributed by atoms with Gasteiger partial charge in [-0.3, -0.25) is 0 Å². The third-order valence-corrected chi connectivity index (χ3v) is 3.10. The first-order valence-electron chi connectivity index (χ1n) is 7.25. The fraction of sp³-hybridized carbons (Fsp3) is 0.353. The van der Waals surface area contributed by atoms with Gasteiger partial charge < -0.3 is 24.1 Å². The molecule has 0 spiro atoms. The molecule has 0 saturated heterocycles. The van der Waals surface area contributed by atoms with Gasteiger partial charge in [0.2, 0.25) is 0 Å². The molecule has 1 N–H and O–H groups in total. The lowest BCUT2D eigenvalue weighted by atomic mass is 10.1. The van der Waals surface area contributed by atoms with E-state index in [9.17, 15) is 9.90 Å². The van der Waals surface area contributed by atoms with E-state index >= 15 is 0 Å². The van der Waals surface area contributed by atoms with Crippen molar-refractivity contribution >= 4 is 17.1 Å². The number of aromatic hydroxyl groups is 1. The van der Waals surface area contributed by atoms with Gasteiger partial charge in [0.15, 0.2) is 0 Å². The highest BCUT2D eigenvalue weighted by molar-refractivity contribution is 5.92. The average Bonchev–Trinajstić information content (AvgIpc) is 2.55. The van der Waals surface area contributed by atoms with E-state index in [4.69, 9.17) is 14.2 Å². The standard InChI is InChI=1S/C17H20O5/c18-8-3-9-20-10-11-21-12-13-22-17-7-6-16(19)14-4-1-2-5-15(14)17/h1-2,4-8,19H,3,9-13H2. The lowest BCUT2D eigenvalue weighted by molar-refractivity contribution is -0.108. The number of hydrogen-bond donors (Lipinski definition) is 1. The Morgan fingerprint density at radius 1 is 0.864 bits per heavy atom. The van der Waals surface area contributed by atoms with Crippen molar-refractivity contribution in [3.8, 4) is 11.5 Å². The van der Waals surface area contributed by atoms with E-state index in [1.165, 1.54) is 0 Å². The highest BCUT2D eigenvalue weighted by atomic mass is 16.5. The minimum Gasteiger partial charge on any atom is -0.507 e. The highest BCUT2D eigenvalue weighted by Crippen LogP contribution is 2.31. The number of benzene rings is 2. The first-order valence-corrected chi connectivity index (χ1v) is 7.25. The van der Waals surface area contributed by atoms with Crippen LogP contribution in [-0.4, -0.2) is 44.4 Å². The second-order valence-electron chi connectivity index (χ2n) is 4.66. The van der Waals surface area contributed by atoms with Crippen LogP contribution in [0.5, 0.6) is 11.5 Å². The summed E-state index contributed by atoms with van der Waals surface area (Å²) >= 11 is 0. The molecule has 0 amide bonds. The molecule has 5 nitrogen and oxygen atoms in total. The maximum absolute atomic E-state index is 10.1. The first kappa shape index (κ1) is 16.3. The molecular weight excluding hydrogens is 284 g/mol. The van der Waals surface area contributed by atoms with Gasteiger partial charge in [0, 0.05) is 17.2 Å². The molecule has 0 unspecified atom stereocenters. The average molecular weight is 304 g/mol. The fourth-order valence-corrected chi connectivity index (χ4v) is 2.05. The van der Waals surface area contributed by atoms with E-state index in [1.807, 2.05) is 24.3 Å². The van der Waals surface area contributed by atoms with E-state index in [0.29, 0.717) is 39.5 Å². The SMILES string of the molecule is O=CCCOCCOCCOc1ccc(O)c2ccccc12. The zero-order chi connectivity index (χ0) is 15.6. The summed E-state index contributed by atoms with van der Waals surface area (Å²) in [6.07, 6.45) is 1.24. The summed E-state index contributed by atoms with van der Waals surface area (Å²) < 4.78 is 16.3. The molecule has 0 aliphatic rings. The molecule has 2 rings (SSSR count). The number of hydrogen-bond acceptors (Lipinski definition) is 5. The molecule has 0 saturated carbocycles. The smallest absolute Gasteiger partial charge is 0.127 e. The van der Waals surface area contributed by atoms with Crippen molar-refractivity contribution in [3.63, 3.8) is 0 Å². The Labute approximate surface area is 129 Å². The number of carbonyl (C=O) groups is 1. The fourth-order valence-electron chi connectivity index (χ4n) is 2.05. The normalized spacial score (nSPS) is 10.7. The molecular formula is C17H20O5. The molecule has 0 aromatic heterocycles. The third-order valence-electron chi connectivity index (χ3n) is 3.10. The summed E-state index contributed by atoms with van der Waals surface area (Å²) in [5.41, 5.74) is 0. The summed E-state index contributed by atoms with van der Waals surface area (Å²) in [5, 5.41) is 11.5. The number of phenols is 1. The highest BCUT2D eigenvalue weighted by Gasteiger charge is 2.05. The number of aldehydes is 1. The Morgan fingerprint density at radius 2 is 1.55 bits per heavy atom. The van der Waals surface area contributed by atoms with Crippen molar-refractivity contribution in [1.29, 1.82) is 0 Å². The van der Waals surface area contributed by atoms with Gasteiger partial charge in [-0.2, -0.15) is 0 Å². The maximum Gasteiger partial charge on any atom is 0.127 e. The molecule has 0 aliphatic carbocycles. The van der Waals surface area contributed by atoms with Gasteiger partial charge in [0.25, 0.3) is 0 Å². The minimum absolute atomic E-state index is 0.242. The molecule has 0 atom stereocenters. The van der Waals surface area contributed by atoms with Gasteiger partial charge >= 0.3 is 0 Å². The molecule has 0 bridgehead atoms. The molecule has 0 fully saturated rings. The number of fused-ring (bicyclic) bond motifs is 1. The summed E-state index contributed by atoms with van der Waals surface area (Å²) in [6.45, 7) is 2.24. The molecule has 0 heterocycles. The number of phenolic OH excluding ortho intramolecular Hbond substituents is 1. The zero-order valence-corrected chi connectivity index (χ0v) is 12.4. The van der Waals surface area contributed by atoms with Gasteiger partial charge in [0.1, 0.15) is 24.4 Å². The van der Waals surface area contributed by atoms with Crippen LogP contribution in [0.3, 0.4) is 0 Å². The Bertz CT molecular complexity index is 597. The van der Waals surface area contributed by atoms with E-state index in [2.05, 4.69) is 0 Å². The number of carbonyl (C=O) groups excluding carboxylic acids is 1. The van der Waals surface area contributed by atoms with Crippen LogP contribution in [0.2, 0.25) is 0 Å². The summed E-state index contributed by atoms with van der Waals surface area (Å²) in [5.74, 6) is 0.964. The van der Waals surface area contributed by atoms with E-state index in [0.717, 1.165) is 22.8 Å². The van der Waals surface area contributed by atoms with Crippen LogP contribution in [0.15, 0.2) is 36.4 Å². The van der Waals surface area contributed by atoms with Gasteiger partial charge in [-0.1, -0.05) is 24.3 Å². The van der Waals surface area contributed by atoms with Crippen molar-refractivity contribution in [2.45, 2.75) is 6.42 Å². The van der Waals surface area contributed by atoms with Crippen LogP contribution in [-0.2, 0) is 14.3 Å². The van der Waals surface area contributed by atoms with Crippen LogP contribution >= 0.6 is 0 Å². The Morgan fingerprint density at radius 3 is 2.32 bits per heavy atom. The van der Waals surface area contributed by atoms with E-state index in [-0.39, 0.29) is 5.75 Å². The predicted octanol–water partition coefficient (Wildman–Crippen LogP) is 2.55. The van der Waals surface area contributed by atoms with Gasteiger partial charge in [-0.05, 0) is 12.1 Å². The topological polar surface area (TPSA) is 65.0 Å². The van der Waals surface area contributed by atoms with Crippen molar-refractivity contribution in [1.82, 2.24) is 0 Å². The molecule has 5 heteroatoms. The second-order valence-corrected chi connectivity index (χ2v) is 4.66. The van der Waals surface area contributed by atoms with Crippen LogP contribution in [0, 0.1) is 0 Å². The van der Waals surface area contributed by atoms with Crippen molar-refractivity contribution < 1.29 is 24.1 Å². The molecule has 2 aromatic rings. The largest absolute Gasteiger partial charge is 0.507 e. The Balaban J connectivity index is 1.72. The quantitative estimate of drug-likeness (QED) is 0.540. The lowest BCUT2D eigenvalue weighted by Gasteiger charge is -2.10. The van der Waals surface area contributed by atoms with Crippen molar-refractivity contribution in [2.75, 3.05) is 33.0 Å². The number of ether oxygens (including phenoxy) is 3. The summed E-state index contributed by atoms with van der Waals surface area (Å²) in [7, 11) is 0. The zero-order valence-electron chi connectivity index (χ0n) is 12.4. The van der Waals surface area contributed by atoms with Crippen LogP contribution in [0.25, 0.3) is 10.8 Å². The Hall–Kier alpha value is -2.11. The molecule has 2 aromatic carbocycles. The Kier molecular flexibility index (Phi) is 6.67. The first-order chi connectivity index (χ1) is 10.8. The lowest BCUT2D eigenvalue weighted by Crippen LogP contribution is -2.11. The summed E-state index contributed by atoms with van der Waals surface area (Å²) in [6, 6.07) is 10.9. The number of rotatable bonds is 10. The van der Waals surface area contributed by atoms with Gasteiger partial charge in [-0.25, -0.2) is 0 Å². The van der Waals surface area contributed by atoms with E-state index < -0.39 is 0 Å². The monoisotopic (exact) mass is 304 g/mol. The molecule has 22 heavy (non-hydrogen) atoms. The van der Waals surface area contributed by atoms with Crippen molar-refractivity contribution in [2.24, 2.45) is 0 Å². The minimum atomic E-state index is 0.242. The third kappa shape index (κ3) is 4.72. The molecule has 118 valence electrons.